The third-order valence-electron chi connectivity index (χ3n) is 4.92. The smallest absolute Gasteiger partial charge is 0.254 e. The maximum absolute atomic E-state index is 12.8. The number of benzene rings is 2. The number of halogens is 1. The summed E-state index contributed by atoms with van der Waals surface area (Å²) in [4.78, 5) is 23.8. The minimum Gasteiger partial charge on any atom is -0.497 e. The molecule has 1 aliphatic heterocycles. The topological polar surface area (TPSA) is 55.3 Å². The molecule has 4 rings (SSSR count). The van der Waals surface area contributed by atoms with Gasteiger partial charge in [0, 0.05) is 35.3 Å². The van der Waals surface area contributed by atoms with E-state index in [-0.39, 0.29) is 5.91 Å². The fourth-order valence-electron chi connectivity index (χ4n) is 3.31. The highest BCUT2D eigenvalue weighted by Gasteiger charge is 2.26. The lowest BCUT2D eigenvalue weighted by Gasteiger charge is -2.15. The van der Waals surface area contributed by atoms with E-state index in [4.69, 9.17) is 21.3 Å². The Balaban J connectivity index is 1.48. The number of aryl methyl sites for hydroxylation is 1. The number of carbonyl (C=O) groups is 1. The van der Waals surface area contributed by atoms with Gasteiger partial charge in [0.05, 0.1) is 19.3 Å². The van der Waals surface area contributed by atoms with Crippen molar-refractivity contribution in [2.75, 3.05) is 7.11 Å². The van der Waals surface area contributed by atoms with E-state index < -0.39 is 0 Å². The molecule has 2 aromatic carbocycles. The highest BCUT2D eigenvalue weighted by atomic mass is 35.5. The first-order chi connectivity index (χ1) is 13.5. The van der Waals surface area contributed by atoms with Crippen molar-refractivity contribution in [3.8, 4) is 5.75 Å². The van der Waals surface area contributed by atoms with Crippen LogP contribution in [0.5, 0.6) is 5.75 Å². The molecule has 3 aromatic rings. The van der Waals surface area contributed by atoms with Crippen LogP contribution >= 0.6 is 11.6 Å². The summed E-state index contributed by atoms with van der Waals surface area (Å²) in [7, 11) is 1.65. The van der Waals surface area contributed by atoms with Crippen LogP contribution in [0.3, 0.4) is 0 Å². The first-order valence-electron chi connectivity index (χ1n) is 9.05. The molecule has 0 bridgehead atoms. The first-order valence-corrected chi connectivity index (χ1v) is 9.43. The average Bonchev–Trinajstić information content (AvgIpc) is 3.13. The van der Waals surface area contributed by atoms with Crippen LogP contribution in [0.1, 0.15) is 38.6 Å². The summed E-state index contributed by atoms with van der Waals surface area (Å²) in [6.45, 7) is 2.92. The lowest BCUT2D eigenvalue weighted by molar-refractivity contribution is 0.0750. The predicted molar refractivity (Wildman–Crippen MR) is 108 cm³/mol. The number of amides is 1. The van der Waals surface area contributed by atoms with Gasteiger partial charge in [-0.15, -0.1) is 0 Å². The van der Waals surface area contributed by atoms with E-state index in [1.54, 1.807) is 24.1 Å². The number of aromatic nitrogens is 2. The Hall–Kier alpha value is -2.92. The molecule has 28 heavy (non-hydrogen) atoms. The molecule has 0 atom stereocenters. The van der Waals surface area contributed by atoms with Gasteiger partial charge in [0.25, 0.3) is 5.91 Å². The molecule has 6 heteroatoms. The van der Waals surface area contributed by atoms with E-state index in [1.165, 1.54) is 0 Å². The van der Waals surface area contributed by atoms with Gasteiger partial charge in [0.2, 0.25) is 0 Å². The van der Waals surface area contributed by atoms with Crippen molar-refractivity contribution in [1.82, 2.24) is 14.9 Å². The van der Waals surface area contributed by atoms with Gasteiger partial charge < -0.3 is 9.64 Å². The van der Waals surface area contributed by atoms with Gasteiger partial charge in [-0.1, -0.05) is 23.7 Å². The van der Waals surface area contributed by atoms with E-state index in [0.29, 0.717) is 30.1 Å². The Labute approximate surface area is 169 Å². The van der Waals surface area contributed by atoms with Crippen LogP contribution in [0.2, 0.25) is 5.02 Å². The molecule has 0 spiro atoms. The summed E-state index contributed by atoms with van der Waals surface area (Å²) < 4.78 is 5.19. The zero-order valence-corrected chi connectivity index (χ0v) is 16.5. The fraction of sp³-hybridized carbons (Fsp3) is 0.227. The van der Waals surface area contributed by atoms with Gasteiger partial charge in [0.15, 0.2) is 0 Å². The summed E-state index contributed by atoms with van der Waals surface area (Å²) in [5.41, 5.74) is 4.56. The zero-order valence-electron chi connectivity index (χ0n) is 15.8. The predicted octanol–water partition coefficient (Wildman–Crippen LogP) is 4.19. The van der Waals surface area contributed by atoms with Crippen LogP contribution < -0.4 is 4.74 Å². The molecule has 0 unspecified atom stereocenters. The maximum atomic E-state index is 12.8. The van der Waals surface area contributed by atoms with E-state index in [0.717, 1.165) is 34.0 Å². The number of fused-ring (bicyclic) bond motifs is 1. The van der Waals surface area contributed by atoms with Crippen LogP contribution in [0.25, 0.3) is 0 Å². The van der Waals surface area contributed by atoms with Crippen LogP contribution in [-0.4, -0.2) is 27.9 Å². The molecular weight excluding hydrogens is 374 g/mol. The number of methoxy groups -OCH3 is 1. The van der Waals surface area contributed by atoms with Gasteiger partial charge in [-0.25, -0.2) is 9.97 Å². The Morgan fingerprint density at radius 3 is 2.68 bits per heavy atom. The highest BCUT2D eigenvalue weighted by molar-refractivity contribution is 6.31. The second-order valence-electron chi connectivity index (χ2n) is 6.91. The zero-order chi connectivity index (χ0) is 19.7. The summed E-state index contributed by atoms with van der Waals surface area (Å²) in [5.74, 6) is 1.56. The quantitative estimate of drug-likeness (QED) is 0.666. The van der Waals surface area contributed by atoms with Crippen molar-refractivity contribution >= 4 is 17.5 Å². The van der Waals surface area contributed by atoms with Crippen LogP contribution in [0.4, 0.5) is 0 Å². The molecule has 0 saturated heterocycles. The molecule has 1 amide bonds. The highest BCUT2D eigenvalue weighted by Crippen LogP contribution is 2.24. The molecule has 1 aliphatic rings. The summed E-state index contributed by atoms with van der Waals surface area (Å²) in [5, 5.41) is 0.662. The average molecular weight is 394 g/mol. The number of carbonyl (C=O) groups excluding carboxylic acids is 1. The molecule has 5 nitrogen and oxygen atoms in total. The third-order valence-corrected chi connectivity index (χ3v) is 5.34. The van der Waals surface area contributed by atoms with Crippen LogP contribution in [0, 0.1) is 6.92 Å². The second kappa shape index (κ2) is 7.60. The first kappa shape index (κ1) is 18.4. The molecule has 142 valence electrons. The van der Waals surface area contributed by atoms with E-state index >= 15 is 0 Å². The van der Waals surface area contributed by atoms with Gasteiger partial charge in [-0.2, -0.15) is 0 Å². The number of rotatable bonds is 4. The number of hydrogen-bond acceptors (Lipinski definition) is 4. The third kappa shape index (κ3) is 3.71. The van der Waals surface area contributed by atoms with Crippen molar-refractivity contribution in [3.05, 3.63) is 87.5 Å². The Morgan fingerprint density at radius 1 is 1.18 bits per heavy atom. The monoisotopic (exact) mass is 393 g/mol. The Morgan fingerprint density at radius 2 is 1.96 bits per heavy atom. The molecule has 0 fully saturated rings. The van der Waals surface area contributed by atoms with Crippen molar-refractivity contribution in [3.63, 3.8) is 0 Å². The van der Waals surface area contributed by atoms with Crippen molar-refractivity contribution in [2.45, 2.75) is 26.4 Å². The fourth-order valence-corrected chi connectivity index (χ4v) is 3.43. The van der Waals surface area contributed by atoms with Gasteiger partial charge >= 0.3 is 0 Å². The molecule has 0 N–H and O–H groups in total. The summed E-state index contributed by atoms with van der Waals surface area (Å²) in [6, 6.07) is 13.2. The number of ether oxygens (including phenoxy) is 1. The SMILES string of the molecule is COc1ccc(Cc2ncc3c(n2)CN(C(=O)c2ccc(Cl)c(C)c2)C3)cc1. The molecule has 2 heterocycles. The summed E-state index contributed by atoms with van der Waals surface area (Å²) in [6.07, 6.45) is 2.48. The maximum Gasteiger partial charge on any atom is 0.254 e. The Kier molecular flexibility index (Phi) is 5.01. The lowest BCUT2D eigenvalue weighted by atomic mass is 10.1. The van der Waals surface area contributed by atoms with Crippen molar-refractivity contribution < 1.29 is 9.53 Å². The number of hydrogen-bond donors (Lipinski definition) is 0. The molecule has 0 radical (unpaired) electrons. The van der Waals surface area contributed by atoms with E-state index in [2.05, 4.69) is 4.98 Å². The second-order valence-corrected chi connectivity index (χ2v) is 7.32. The van der Waals surface area contributed by atoms with Crippen molar-refractivity contribution in [1.29, 1.82) is 0 Å². The van der Waals surface area contributed by atoms with E-state index in [9.17, 15) is 4.79 Å². The number of nitrogens with zero attached hydrogens (tertiary/aromatic N) is 3. The van der Waals surface area contributed by atoms with Gasteiger partial charge in [-0.3, -0.25) is 4.79 Å². The van der Waals surface area contributed by atoms with Gasteiger partial charge in [-0.05, 0) is 48.4 Å². The van der Waals surface area contributed by atoms with E-state index in [1.807, 2.05) is 43.5 Å². The minimum absolute atomic E-state index is 0.0190. The standard InChI is InChI=1S/C22H20ClN3O2/c1-14-9-16(5-8-19(14)23)22(27)26-12-17-11-24-21(25-20(17)13-26)10-15-3-6-18(28-2)7-4-15/h3-9,11H,10,12-13H2,1-2H3. The molecule has 0 saturated carbocycles. The largest absolute Gasteiger partial charge is 0.497 e. The van der Waals surface area contributed by atoms with Gasteiger partial charge in [0.1, 0.15) is 11.6 Å². The lowest BCUT2D eigenvalue weighted by Crippen LogP contribution is -2.25. The van der Waals surface area contributed by atoms with Crippen molar-refractivity contribution in [2.24, 2.45) is 0 Å². The molecule has 1 aromatic heterocycles. The minimum atomic E-state index is -0.0190. The normalized spacial score (nSPS) is 12.8. The molecule has 0 aliphatic carbocycles. The molecular formula is C22H20ClN3O2. The Bertz CT molecular complexity index is 1030. The van der Waals surface area contributed by atoms with Crippen LogP contribution in [-0.2, 0) is 19.5 Å². The van der Waals surface area contributed by atoms with Crippen LogP contribution in [0.15, 0.2) is 48.7 Å². The summed E-state index contributed by atoms with van der Waals surface area (Å²) >= 11 is 6.07.